The summed E-state index contributed by atoms with van der Waals surface area (Å²) in [5.74, 6) is -1.91. The molecular weight excluding hydrogens is 348 g/mol. The molecule has 0 heterocycles. The molecule has 0 spiro atoms. The Balaban J connectivity index is 1.98. The molecule has 0 bridgehead atoms. The molecule has 0 aliphatic heterocycles. The van der Waals surface area contributed by atoms with Gasteiger partial charge in [0, 0.05) is 17.2 Å². The van der Waals surface area contributed by atoms with Gasteiger partial charge in [0.2, 0.25) is 5.91 Å². The minimum Gasteiger partial charge on any atom is -0.548 e. The number of benzene rings is 2. The van der Waals surface area contributed by atoms with Gasteiger partial charge in [-0.05, 0) is 29.7 Å². The van der Waals surface area contributed by atoms with Crippen molar-refractivity contribution in [2.75, 3.05) is 0 Å². The maximum Gasteiger partial charge on any atom is 0.269 e. The van der Waals surface area contributed by atoms with Gasteiger partial charge >= 0.3 is 0 Å². The predicted molar refractivity (Wildman–Crippen MR) is 88.9 cm³/mol. The summed E-state index contributed by atoms with van der Waals surface area (Å²) in [4.78, 5) is 33.3. The van der Waals surface area contributed by atoms with Crippen molar-refractivity contribution >= 4 is 29.2 Å². The number of nitro benzene ring substituents is 1. The van der Waals surface area contributed by atoms with Gasteiger partial charge in [0.15, 0.2) is 0 Å². The number of nitrogens with zero attached hydrogens (tertiary/aromatic N) is 1. The molecule has 0 aliphatic rings. The minimum absolute atomic E-state index is 0.0610. The molecule has 2 aromatic carbocycles. The van der Waals surface area contributed by atoms with Crippen LogP contribution in [-0.4, -0.2) is 22.8 Å². The molecule has 0 saturated carbocycles. The molecule has 7 nitrogen and oxygen atoms in total. The summed E-state index contributed by atoms with van der Waals surface area (Å²) in [5, 5.41) is 24.8. The zero-order valence-corrected chi connectivity index (χ0v) is 13.7. The van der Waals surface area contributed by atoms with Gasteiger partial charge < -0.3 is 15.2 Å². The Labute approximate surface area is 148 Å². The van der Waals surface area contributed by atoms with E-state index in [-0.39, 0.29) is 18.5 Å². The van der Waals surface area contributed by atoms with Gasteiger partial charge in [0.1, 0.15) is 0 Å². The Bertz CT molecular complexity index is 775. The monoisotopic (exact) mass is 361 g/mol. The second kappa shape index (κ2) is 8.25. The van der Waals surface area contributed by atoms with E-state index in [0.717, 1.165) is 0 Å². The molecule has 1 N–H and O–H groups in total. The van der Waals surface area contributed by atoms with Crippen molar-refractivity contribution in [3.63, 3.8) is 0 Å². The van der Waals surface area contributed by atoms with Gasteiger partial charge in [-0.3, -0.25) is 14.9 Å². The predicted octanol–water partition coefficient (Wildman–Crippen LogP) is 1.27. The first-order chi connectivity index (χ1) is 11.8. The zero-order chi connectivity index (χ0) is 18.4. The standard InChI is InChI=1S/C17H15ClN2O5/c18-13-5-1-11(2-6-13)9-15(17(22)23)19-16(21)10-12-3-7-14(8-4-12)20(24)25/h1-8,15H,9-10H2,(H,19,21)(H,22,23)/p-1/t15-/m0/s1. The van der Waals surface area contributed by atoms with Crippen LogP contribution in [0.15, 0.2) is 48.5 Å². The van der Waals surface area contributed by atoms with Crippen LogP contribution in [0, 0.1) is 10.1 Å². The van der Waals surface area contributed by atoms with Gasteiger partial charge in [0.05, 0.1) is 23.4 Å². The van der Waals surface area contributed by atoms with E-state index in [9.17, 15) is 24.8 Å². The van der Waals surface area contributed by atoms with E-state index in [4.69, 9.17) is 11.6 Å². The van der Waals surface area contributed by atoms with Crippen LogP contribution in [0.3, 0.4) is 0 Å². The van der Waals surface area contributed by atoms with Crippen molar-refractivity contribution in [1.82, 2.24) is 5.32 Å². The van der Waals surface area contributed by atoms with Gasteiger partial charge in [-0.1, -0.05) is 35.9 Å². The van der Waals surface area contributed by atoms with Gasteiger partial charge in [-0.2, -0.15) is 0 Å². The molecule has 2 rings (SSSR count). The van der Waals surface area contributed by atoms with Crippen LogP contribution in [0.4, 0.5) is 5.69 Å². The quantitative estimate of drug-likeness (QED) is 0.589. The van der Waals surface area contributed by atoms with Crippen molar-refractivity contribution in [1.29, 1.82) is 0 Å². The van der Waals surface area contributed by atoms with Crippen molar-refractivity contribution in [3.05, 3.63) is 74.8 Å². The lowest BCUT2D eigenvalue weighted by Gasteiger charge is -2.20. The first-order valence-electron chi connectivity index (χ1n) is 7.33. The third kappa shape index (κ3) is 5.58. The molecule has 130 valence electrons. The van der Waals surface area contributed by atoms with Crippen LogP contribution in [0.1, 0.15) is 11.1 Å². The summed E-state index contributed by atoms with van der Waals surface area (Å²) in [6, 6.07) is 10.9. The first-order valence-corrected chi connectivity index (χ1v) is 7.71. The highest BCUT2D eigenvalue weighted by Gasteiger charge is 2.15. The number of carbonyl (C=O) groups excluding carboxylic acids is 2. The number of aliphatic carboxylic acids is 1. The fourth-order valence-corrected chi connectivity index (χ4v) is 2.34. The number of hydrogen-bond acceptors (Lipinski definition) is 5. The van der Waals surface area contributed by atoms with E-state index in [0.29, 0.717) is 16.1 Å². The van der Waals surface area contributed by atoms with Gasteiger partial charge in [-0.15, -0.1) is 0 Å². The molecule has 0 saturated heterocycles. The van der Waals surface area contributed by atoms with Crippen LogP contribution >= 0.6 is 11.6 Å². The highest BCUT2D eigenvalue weighted by atomic mass is 35.5. The lowest BCUT2D eigenvalue weighted by atomic mass is 10.1. The Hall–Kier alpha value is -2.93. The molecular formula is C17H14ClN2O5-. The molecule has 0 aromatic heterocycles. The van der Waals surface area contributed by atoms with Crippen LogP contribution < -0.4 is 10.4 Å². The number of hydrogen-bond donors (Lipinski definition) is 1. The number of nitro groups is 1. The number of nitrogens with one attached hydrogen (secondary N) is 1. The van der Waals surface area contributed by atoms with Crippen LogP contribution in [0.5, 0.6) is 0 Å². The van der Waals surface area contributed by atoms with E-state index in [1.165, 1.54) is 24.3 Å². The van der Waals surface area contributed by atoms with E-state index >= 15 is 0 Å². The number of non-ortho nitro benzene ring substituents is 1. The largest absolute Gasteiger partial charge is 0.548 e. The maximum absolute atomic E-state index is 12.0. The molecule has 1 amide bonds. The summed E-state index contributed by atoms with van der Waals surface area (Å²) in [7, 11) is 0. The normalized spacial score (nSPS) is 11.6. The van der Waals surface area contributed by atoms with Crippen molar-refractivity contribution < 1.29 is 19.6 Å². The lowest BCUT2D eigenvalue weighted by molar-refractivity contribution is -0.384. The minimum atomic E-state index is -1.40. The fraction of sp³-hybridized carbons (Fsp3) is 0.176. The topological polar surface area (TPSA) is 112 Å². The summed E-state index contributed by atoms with van der Waals surface area (Å²) in [5.41, 5.74) is 1.14. The Morgan fingerprint density at radius 1 is 1.04 bits per heavy atom. The first kappa shape index (κ1) is 18.4. The van der Waals surface area contributed by atoms with Crippen LogP contribution in [-0.2, 0) is 22.4 Å². The van der Waals surface area contributed by atoms with Crippen molar-refractivity contribution in [3.8, 4) is 0 Å². The summed E-state index contributed by atoms with van der Waals surface area (Å²) in [6.45, 7) is 0. The number of amides is 1. The molecule has 0 radical (unpaired) electrons. The average Bonchev–Trinajstić information content (AvgIpc) is 2.56. The second-order valence-corrected chi connectivity index (χ2v) is 5.81. The number of rotatable bonds is 7. The van der Waals surface area contributed by atoms with Crippen molar-refractivity contribution in [2.45, 2.75) is 18.9 Å². The van der Waals surface area contributed by atoms with Gasteiger partial charge in [-0.25, -0.2) is 0 Å². The molecule has 25 heavy (non-hydrogen) atoms. The molecule has 1 atom stereocenters. The Kier molecular flexibility index (Phi) is 6.08. The summed E-state index contributed by atoms with van der Waals surface area (Å²) in [6.07, 6.45) is -0.0338. The van der Waals surface area contributed by atoms with E-state index in [1.54, 1.807) is 24.3 Å². The van der Waals surface area contributed by atoms with Crippen LogP contribution in [0.25, 0.3) is 0 Å². The lowest BCUT2D eigenvalue weighted by Crippen LogP contribution is -2.49. The Morgan fingerprint density at radius 3 is 2.12 bits per heavy atom. The highest BCUT2D eigenvalue weighted by Crippen LogP contribution is 2.13. The summed E-state index contributed by atoms with van der Waals surface area (Å²) < 4.78 is 0. The van der Waals surface area contributed by atoms with E-state index in [2.05, 4.69) is 5.32 Å². The van der Waals surface area contributed by atoms with Crippen molar-refractivity contribution in [2.24, 2.45) is 0 Å². The van der Waals surface area contributed by atoms with Crippen LogP contribution in [0.2, 0.25) is 5.02 Å². The Morgan fingerprint density at radius 2 is 1.60 bits per heavy atom. The van der Waals surface area contributed by atoms with Gasteiger partial charge in [0.25, 0.3) is 5.69 Å². The molecule has 2 aromatic rings. The third-order valence-corrected chi connectivity index (χ3v) is 3.74. The maximum atomic E-state index is 12.0. The number of carboxylic acid groups (broad SMARTS) is 1. The second-order valence-electron chi connectivity index (χ2n) is 5.37. The SMILES string of the molecule is O=C(Cc1ccc([N+](=O)[O-])cc1)N[C@@H](Cc1ccc(Cl)cc1)C(=O)[O-]. The number of carbonyl (C=O) groups is 2. The smallest absolute Gasteiger partial charge is 0.269 e. The molecule has 0 aliphatic carbocycles. The summed E-state index contributed by atoms with van der Waals surface area (Å²) >= 11 is 5.78. The molecule has 0 fully saturated rings. The highest BCUT2D eigenvalue weighted by molar-refractivity contribution is 6.30. The fourth-order valence-electron chi connectivity index (χ4n) is 2.22. The molecule has 8 heteroatoms. The number of carboxylic acids is 1. The molecule has 0 unspecified atom stereocenters. The zero-order valence-electron chi connectivity index (χ0n) is 13.0. The van der Waals surface area contributed by atoms with E-state index in [1.807, 2.05) is 0 Å². The average molecular weight is 362 g/mol. The number of halogens is 1. The van der Waals surface area contributed by atoms with E-state index < -0.39 is 22.8 Å². The third-order valence-electron chi connectivity index (χ3n) is 3.48.